The first-order chi connectivity index (χ1) is 15.1. The van der Waals surface area contributed by atoms with E-state index in [0.717, 1.165) is 13.2 Å². The molecule has 0 spiro atoms. The van der Waals surface area contributed by atoms with Gasteiger partial charge in [-0.2, -0.15) is 13.2 Å². The molecule has 7 nitrogen and oxygen atoms in total. The van der Waals surface area contributed by atoms with Gasteiger partial charge in [0.25, 0.3) is 0 Å². The molecule has 32 heavy (non-hydrogen) atoms. The lowest BCUT2D eigenvalue weighted by Gasteiger charge is -2.21. The van der Waals surface area contributed by atoms with Gasteiger partial charge in [0.2, 0.25) is 0 Å². The molecule has 0 aliphatic carbocycles. The number of alkyl halides is 3. The SMILES string of the molecule is COC(=O)NCCOC(c1cccc(Cl)c1)c1cc(OCC(F)(F)F)cc(C(=O)OC)c1. The standard InChI is InChI=1S/C21H21ClF3NO6/c1-29-19(27)15-8-14(10-17(11-15)32-12-21(23,24)25)18(13-4-3-5-16(22)9-13)31-7-6-26-20(28)30-2/h3-5,8-11,18H,6-7,12H2,1-2H3,(H,26,28). The van der Waals surface area contributed by atoms with Crippen molar-refractivity contribution < 1.29 is 41.7 Å². The second-order valence-corrected chi connectivity index (χ2v) is 6.85. The molecule has 1 atom stereocenters. The number of hydrogen-bond donors (Lipinski definition) is 1. The summed E-state index contributed by atoms with van der Waals surface area (Å²) in [7, 11) is 2.36. The Labute approximate surface area is 187 Å². The van der Waals surface area contributed by atoms with Gasteiger partial charge in [0, 0.05) is 11.6 Å². The molecule has 1 unspecified atom stereocenters. The highest BCUT2D eigenvalue weighted by Crippen LogP contribution is 2.32. The minimum absolute atomic E-state index is 0.0213. The van der Waals surface area contributed by atoms with E-state index in [4.69, 9.17) is 25.8 Å². The highest BCUT2D eigenvalue weighted by molar-refractivity contribution is 6.30. The summed E-state index contributed by atoms with van der Waals surface area (Å²) in [5.41, 5.74) is 0.871. The Bertz CT molecular complexity index is 938. The quantitative estimate of drug-likeness (QED) is 0.424. The van der Waals surface area contributed by atoms with Crippen LogP contribution in [0.4, 0.5) is 18.0 Å². The maximum atomic E-state index is 12.6. The summed E-state index contributed by atoms with van der Waals surface area (Å²) in [6.07, 6.45) is -6.06. The summed E-state index contributed by atoms with van der Waals surface area (Å²) in [6, 6.07) is 10.5. The number of nitrogens with one attached hydrogen (secondary N) is 1. The zero-order valence-corrected chi connectivity index (χ0v) is 18.0. The first kappa shape index (κ1) is 25.3. The third-order valence-corrected chi connectivity index (χ3v) is 4.28. The van der Waals surface area contributed by atoms with Crippen LogP contribution in [0.1, 0.15) is 27.6 Å². The van der Waals surface area contributed by atoms with Gasteiger partial charge in [-0.05, 0) is 41.5 Å². The first-order valence-corrected chi connectivity index (χ1v) is 9.62. The van der Waals surface area contributed by atoms with Crippen LogP contribution in [0.25, 0.3) is 0 Å². The average molecular weight is 476 g/mol. The van der Waals surface area contributed by atoms with E-state index in [0.29, 0.717) is 16.1 Å². The molecular formula is C21H21ClF3NO6. The monoisotopic (exact) mass is 475 g/mol. The summed E-state index contributed by atoms with van der Waals surface area (Å²) in [5.74, 6) is -0.954. The number of hydrogen-bond acceptors (Lipinski definition) is 6. The Balaban J connectivity index is 2.40. The van der Waals surface area contributed by atoms with E-state index in [1.54, 1.807) is 24.3 Å². The zero-order valence-electron chi connectivity index (χ0n) is 17.2. The fraction of sp³-hybridized carbons (Fsp3) is 0.333. The molecular weight excluding hydrogens is 455 g/mol. The van der Waals surface area contributed by atoms with Crippen molar-refractivity contribution in [2.24, 2.45) is 0 Å². The molecule has 0 fully saturated rings. The number of amides is 1. The smallest absolute Gasteiger partial charge is 0.422 e. The number of alkyl carbamates (subject to hydrolysis) is 1. The van der Waals surface area contributed by atoms with Crippen LogP contribution in [-0.2, 0) is 14.2 Å². The number of methoxy groups -OCH3 is 2. The van der Waals surface area contributed by atoms with Crippen molar-refractivity contribution in [1.29, 1.82) is 0 Å². The van der Waals surface area contributed by atoms with Crippen LogP contribution in [0.3, 0.4) is 0 Å². The Morgan fingerprint density at radius 1 is 1.06 bits per heavy atom. The van der Waals surface area contributed by atoms with Crippen molar-refractivity contribution in [3.05, 3.63) is 64.2 Å². The number of carbonyl (C=O) groups is 2. The van der Waals surface area contributed by atoms with Gasteiger partial charge in [-0.3, -0.25) is 0 Å². The molecule has 2 aromatic carbocycles. The van der Waals surface area contributed by atoms with Gasteiger partial charge >= 0.3 is 18.2 Å². The van der Waals surface area contributed by atoms with Crippen LogP contribution in [0, 0.1) is 0 Å². The molecule has 0 aliphatic heterocycles. The van der Waals surface area contributed by atoms with Gasteiger partial charge in [0.05, 0.1) is 26.4 Å². The van der Waals surface area contributed by atoms with Gasteiger partial charge < -0.3 is 24.3 Å². The Morgan fingerprint density at radius 2 is 1.81 bits per heavy atom. The minimum Gasteiger partial charge on any atom is -0.484 e. The van der Waals surface area contributed by atoms with Gasteiger partial charge in [-0.1, -0.05) is 23.7 Å². The number of benzene rings is 2. The number of rotatable bonds is 9. The van der Waals surface area contributed by atoms with Crippen molar-refractivity contribution in [3.8, 4) is 5.75 Å². The topological polar surface area (TPSA) is 83.1 Å². The molecule has 1 N–H and O–H groups in total. The van der Waals surface area contributed by atoms with Crippen molar-refractivity contribution in [2.75, 3.05) is 34.0 Å². The molecule has 0 radical (unpaired) electrons. The molecule has 0 aromatic heterocycles. The number of ether oxygens (including phenoxy) is 4. The Morgan fingerprint density at radius 3 is 2.44 bits per heavy atom. The summed E-state index contributed by atoms with van der Waals surface area (Å²) in [6.45, 7) is -1.42. The van der Waals surface area contributed by atoms with E-state index in [2.05, 4.69) is 10.1 Å². The Hall–Kier alpha value is -2.98. The first-order valence-electron chi connectivity index (χ1n) is 9.24. The summed E-state index contributed by atoms with van der Waals surface area (Å²) >= 11 is 6.08. The van der Waals surface area contributed by atoms with Crippen LogP contribution in [0.2, 0.25) is 5.02 Å². The lowest BCUT2D eigenvalue weighted by molar-refractivity contribution is -0.153. The van der Waals surface area contributed by atoms with Crippen molar-refractivity contribution in [2.45, 2.75) is 12.3 Å². The van der Waals surface area contributed by atoms with Crippen LogP contribution in [0.15, 0.2) is 42.5 Å². The van der Waals surface area contributed by atoms with E-state index in [1.807, 2.05) is 0 Å². The molecule has 2 rings (SSSR count). The predicted molar refractivity (Wildman–Crippen MR) is 109 cm³/mol. The van der Waals surface area contributed by atoms with Crippen LogP contribution in [0.5, 0.6) is 5.75 Å². The largest absolute Gasteiger partial charge is 0.484 e. The lowest BCUT2D eigenvalue weighted by Crippen LogP contribution is -2.27. The van der Waals surface area contributed by atoms with Gasteiger partial charge in [0.1, 0.15) is 11.9 Å². The summed E-state index contributed by atoms with van der Waals surface area (Å²) in [5, 5.41) is 2.86. The summed E-state index contributed by atoms with van der Waals surface area (Å²) in [4.78, 5) is 23.3. The van der Waals surface area contributed by atoms with Crippen LogP contribution >= 0.6 is 11.6 Å². The molecule has 11 heteroatoms. The fourth-order valence-corrected chi connectivity index (χ4v) is 2.91. The molecule has 0 saturated heterocycles. The van der Waals surface area contributed by atoms with E-state index in [1.165, 1.54) is 19.2 Å². The fourth-order valence-electron chi connectivity index (χ4n) is 2.71. The highest BCUT2D eigenvalue weighted by Gasteiger charge is 2.29. The van der Waals surface area contributed by atoms with E-state index in [9.17, 15) is 22.8 Å². The minimum atomic E-state index is -4.57. The molecule has 2 aromatic rings. The molecule has 0 bridgehead atoms. The number of halogens is 4. The van der Waals surface area contributed by atoms with Crippen LogP contribution < -0.4 is 10.1 Å². The molecule has 1 amide bonds. The number of carbonyl (C=O) groups excluding carboxylic acids is 2. The third kappa shape index (κ3) is 7.93. The highest BCUT2D eigenvalue weighted by atomic mass is 35.5. The van der Waals surface area contributed by atoms with E-state index < -0.39 is 30.9 Å². The normalized spacial score (nSPS) is 12.1. The second kappa shape index (κ2) is 11.6. The summed E-state index contributed by atoms with van der Waals surface area (Å²) < 4.78 is 57.8. The van der Waals surface area contributed by atoms with E-state index >= 15 is 0 Å². The van der Waals surface area contributed by atoms with Crippen molar-refractivity contribution >= 4 is 23.7 Å². The van der Waals surface area contributed by atoms with Crippen molar-refractivity contribution in [3.63, 3.8) is 0 Å². The number of esters is 1. The third-order valence-electron chi connectivity index (χ3n) is 4.05. The maximum Gasteiger partial charge on any atom is 0.422 e. The Kier molecular flexibility index (Phi) is 9.15. The van der Waals surface area contributed by atoms with Crippen molar-refractivity contribution in [1.82, 2.24) is 5.32 Å². The predicted octanol–water partition coefficient (Wildman–Crippen LogP) is 4.53. The molecule has 174 valence electrons. The zero-order chi connectivity index (χ0) is 23.7. The van der Waals surface area contributed by atoms with Gasteiger partial charge in [-0.15, -0.1) is 0 Å². The van der Waals surface area contributed by atoms with Crippen LogP contribution in [-0.4, -0.2) is 52.2 Å². The average Bonchev–Trinajstić information content (AvgIpc) is 2.76. The lowest BCUT2D eigenvalue weighted by atomic mass is 9.99. The molecule has 0 aliphatic rings. The molecule has 0 heterocycles. The molecule has 0 saturated carbocycles. The maximum absolute atomic E-state index is 12.6. The van der Waals surface area contributed by atoms with E-state index in [-0.39, 0.29) is 24.5 Å². The van der Waals surface area contributed by atoms with Gasteiger partial charge in [-0.25, -0.2) is 9.59 Å². The second-order valence-electron chi connectivity index (χ2n) is 6.41. The van der Waals surface area contributed by atoms with Gasteiger partial charge in [0.15, 0.2) is 6.61 Å².